The minimum absolute atomic E-state index is 0.142. The summed E-state index contributed by atoms with van der Waals surface area (Å²) in [6.07, 6.45) is 1.85. The van der Waals surface area contributed by atoms with Gasteiger partial charge in [0.05, 0.1) is 12.1 Å². The molecule has 0 saturated heterocycles. The fourth-order valence-corrected chi connectivity index (χ4v) is 4.29. The molecule has 5 nitrogen and oxygen atoms in total. The van der Waals surface area contributed by atoms with Crippen molar-refractivity contribution in [2.24, 2.45) is 0 Å². The number of rotatable bonds is 4. The normalized spacial score (nSPS) is 13.5. The summed E-state index contributed by atoms with van der Waals surface area (Å²) in [6, 6.07) is 19.2. The van der Waals surface area contributed by atoms with Crippen LogP contribution in [-0.2, 0) is 24.1 Å². The Kier molecular flexibility index (Phi) is 5.48. The molecule has 3 aromatic rings. The van der Waals surface area contributed by atoms with E-state index < -0.39 is 0 Å². The van der Waals surface area contributed by atoms with Crippen LogP contribution in [-0.4, -0.2) is 34.8 Å². The van der Waals surface area contributed by atoms with Crippen LogP contribution in [0.1, 0.15) is 25.9 Å². The highest BCUT2D eigenvalue weighted by Gasteiger charge is 2.23. The second kappa shape index (κ2) is 8.35. The van der Waals surface area contributed by atoms with Crippen molar-refractivity contribution in [2.45, 2.75) is 19.3 Å². The van der Waals surface area contributed by atoms with Crippen LogP contribution in [0.4, 0.5) is 5.69 Å². The molecule has 0 atom stereocenters. The highest BCUT2D eigenvalue weighted by Crippen LogP contribution is 2.24. The number of thiazole rings is 1. The van der Waals surface area contributed by atoms with Gasteiger partial charge in [-0.2, -0.15) is 0 Å². The van der Waals surface area contributed by atoms with Crippen LogP contribution in [0, 0.1) is 0 Å². The van der Waals surface area contributed by atoms with Crippen LogP contribution in [0.3, 0.4) is 0 Å². The molecule has 6 heteroatoms. The van der Waals surface area contributed by atoms with Crippen LogP contribution in [0.5, 0.6) is 0 Å². The Hall–Kier alpha value is -2.99. The molecule has 0 bridgehead atoms. The van der Waals surface area contributed by atoms with Gasteiger partial charge in [0.2, 0.25) is 5.91 Å². The third-order valence-electron chi connectivity index (χ3n) is 4.78. The summed E-state index contributed by atoms with van der Waals surface area (Å²) >= 11 is 1.43. The molecule has 4 rings (SSSR count). The van der Waals surface area contributed by atoms with Crippen molar-refractivity contribution in [1.29, 1.82) is 0 Å². The van der Waals surface area contributed by atoms with Gasteiger partial charge in [-0.05, 0) is 17.7 Å². The number of anilines is 1. The van der Waals surface area contributed by atoms with E-state index in [0.717, 1.165) is 28.2 Å². The second-order valence-electron chi connectivity index (χ2n) is 6.75. The Labute approximate surface area is 168 Å². The summed E-state index contributed by atoms with van der Waals surface area (Å²) in [5.41, 5.74) is 2.73. The minimum Gasteiger partial charge on any atom is -0.342 e. The lowest BCUT2D eigenvalue weighted by atomic mass is 10.1. The number of benzene rings is 2. The number of carbonyl (C=O) groups is 2. The number of hydrogen-bond donors (Lipinski definition) is 1. The Balaban J connectivity index is 1.38. The van der Waals surface area contributed by atoms with E-state index in [2.05, 4.69) is 10.3 Å². The Morgan fingerprint density at radius 3 is 2.39 bits per heavy atom. The van der Waals surface area contributed by atoms with Gasteiger partial charge in [0.1, 0.15) is 0 Å². The molecule has 0 spiro atoms. The zero-order valence-electron chi connectivity index (χ0n) is 15.4. The summed E-state index contributed by atoms with van der Waals surface area (Å²) in [5, 5.41) is 3.37. The van der Waals surface area contributed by atoms with E-state index in [1.54, 1.807) is 0 Å². The van der Waals surface area contributed by atoms with Gasteiger partial charge in [-0.25, -0.2) is 4.98 Å². The quantitative estimate of drug-likeness (QED) is 0.740. The van der Waals surface area contributed by atoms with Gasteiger partial charge in [0.15, 0.2) is 5.01 Å². The van der Waals surface area contributed by atoms with E-state index in [-0.39, 0.29) is 11.8 Å². The number of para-hydroxylation sites is 1. The van der Waals surface area contributed by atoms with Crippen LogP contribution >= 0.6 is 11.3 Å². The number of nitrogens with zero attached hydrogens (tertiary/aromatic N) is 2. The van der Waals surface area contributed by atoms with Gasteiger partial charge in [-0.1, -0.05) is 48.5 Å². The number of nitrogens with one attached hydrogen (secondary N) is 1. The molecule has 1 aromatic heterocycles. The Morgan fingerprint density at radius 1 is 0.964 bits per heavy atom. The molecular formula is C22H21N3O2S. The summed E-state index contributed by atoms with van der Waals surface area (Å²) in [6.45, 7) is 1.31. The summed E-state index contributed by atoms with van der Waals surface area (Å²) in [4.78, 5) is 32.6. The van der Waals surface area contributed by atoms with Crippen molar-refractivity contribution >= 4 is 28.8 Å². The number of carbonyl (C=O) groups excluding carboxylic acids is 2. The predicted octanol–water partition coefficient (Wildman–Crippen LogP) is 3.57. The molecule has 1 aliphatic rings. The van der Waals surface area contributed by atoms with Gasteiger partial charge < -0.3 is 10.2 Å². The molecule has 0 aliphatic carbocycles. The average molecular weight is 391 g/mol. The third-order valence-corrected chi connectivity index (χ3v) is 5.94. The van der Waals surface area contributed by atoms with Crippen molar-refractivity contribution < 1.29 is 9.59 Å². The highest BCUT2D eigenvalue weighted by atomic mass is 32.1. The average Bonchev–Trinajstić information content (AvgIpc) is 3.02. The van der Waals surface area contributed by atoms with E-state index in [4.69, 9.17) is 0 Å². The van der Waals surface area contributed by atoms with Crippen molar-refractivity contribution in [3.05, 3.63) is 81.8 Å². The molecule has 0 saturated carbocycles. The van der Waals surface area contributed by atoms with E-state index in [1.165, 1.54) is 11.3 Å². The molecule has 2 heterocycles. The Bertz CT molecular complexity index is 944. The lowest BCUT2D eigenvalue weighted by Gasteiger charge is -2.20. The largest absolute Gasteiger partial charge is 0.342 e. The molecule has 0 radical (unpaired) electrons. The maximum absolute atomic E-state index is 12.6. The molecule has 0 fully saturated rings. The molecule has 1 aliphatic heterocycles. The fourth-order valence-electron chi connectivity index (χ4n) is 3.30. The summed E-state index contributed by atoms with van der Waals surface area (Å²) in [7, 11) is 0. The summed E-state index contributed by atoms with van der Waals surface area (Å²) < 4.78 is 0. The topological polar surface area (TPSA) is 62.3 Å². The van der Waals surface area contributed by atoms with E-state index in [0.29, 0.717) is 30.9 Å². The second-order valence-corrected chi connectivity index (χ2v) is 7.84. The van der Waals surface area contributed by atoms with Gasteiger partial charge in [-0.15, -0.1) is 11.3 Å². The summed E-state index contributed by atoms with van der Waals surface area (Å²) in [5.74, 6) is -0.0373. The smallest absolute Gasteiger partial charge is 0.284 e. The third kappa shape index (κ3) is 4.28. The fraction of sp³-hybridized carbons (Fsp3) is 0.227. The van der Waals surface area contributed by atoms with Gasteiger partial charge >= 0.3 is 0 Å². The highest BCUT2D eigenvalue weighted by molar-refractivity contribution is 7.13. The van der Waals surface area contributed by atoms with Gasteiger partial charge in [0.25, 0.3) is 5.91 Å². The SMILES string of the molecule is O=C(Nc1ccccc1)c1nc2c(s1)CCN(C(=O)Cc1ccccc1)CC2. The lowest BCUT2D eigenvalue weighted by molar-refractivity contribution is -0.130. The molecule has 142 valence electrons. The molecule has 28 heavy (non-hydrogen) atoms. The van der Waals surface area contributed by atoms with Crippen LogP contribution in [0.25, 0.3) is 0 Å². The van der Waals surface area contributed by atoms with Crippen molar-refractivity contribution in [3.8, 4) is 0 Å². The number of fused-ring (bicyclic) bond motifs is 1. The number of aromatic nitrogens is 1. The zero-order valence-corrected chi connectivity index (χ0v) is 16.2. The molecule has 0 unspecified atom stereocenters. The first kappa shape index (κ1) is 18.4. The van der Waals surface area contributed by atoms with Crippen LogP contribution < -0.4 is 5.32 Å². The maximum atomic E-state index is 12.6. The first-order valence-corrected chi connectivity index (χ1v) is 10.2. The van der Waals surface area contributed by atoms with Crippen LogP contribution in [0.15, 0.2) is 60.7 Å². The van der Waals surface area contributed by atoms with E-state index in [9.17, 15) is 9.59 Å². The molecule has 2 aromatic carbocycles. The molecule has 1 N–H and O–H groups in total. The van der Waals surface area contributed by atoms with Gasteiger partial charge in [-0.3, -0.25) is 9.59 Å². The standard InChI is InChI=1S/C22H21N3O2S/c26-20(15-16-7-3-1-4-8-16)25-13-11-18-19(12-14-25)28-22(24-18)21(27)23-17-9-5-2-6-10-17/h1-10H,11-15H2,(H,23,27). The van der Waals surface area contributed by atoms with E-state index in [1.807, 2.05) is 65.6 Å². The van der Waals surface area contributed by atoms with Crippen molar-refractivity contribution in [2.75, 3.05) is 18.4 Å². The molecular weight excluding hydrogens is 370 g/mol. The van der Waals surface area contributed by atoms with Crippen LogP contribution in [0.2, 0.25) is 0 Å². The maximum Gasteiger partial charge on any atom is 0.284 e. The van der Waals surface area contributed by atoms with Crippen molar-refractivity contribution in [3.63, 3.8) is 0 Å². The first-order chi connectivity index (χ1) is 13.7. The van der Waals surface area contributed by atoms with Gasteiger partial charge in [0, 0.05) is 36.5 Å². The first-order valence-electron chi connectivity index (χ1n) is 9.36. The lowest BCUT2D eigenvalue weighted by Crippen LogP contribution is -2.34. The number of amides is 2. The monoisotopic (exact) mass is 391 g/mol. The number of hydrogen-bond acceptors (Lipinski definition) is 4. The van der Waals surface area contributed by atoms with Crippen molar-refractivity contribution in [1.82, 2.24) is 9.88 Å². The molecule has 2 amide bonds. The Morgan fingerprint density at radius 2 is 1.64 bits per heavy atom. The predicted molar refractivity (Wildman–Crippen MR) is 111 cm³/mol. The zero-order chi connectivity index (χ0) is 19.3. The minimum atomic E-state index is -0.179. The van der Waals surface area contributed by atoms with E-state index >= 15 is 0 Å².